The van der Waals surface area contributed by atoms with Crippen molar-refractivity contribution in [3.05, 3.63) is 50.9 Å². The molecule has 2 aromatic rings. The first-order valence-corrected chi connectivity index (χ1v) is 5.63. The van der Waals surface area contributed by atoms with Gasteiger partial charge in [-0.3, -0.25) is 9.89 Å². The fourth-order valence-electron chi connectivity index (χ4n) is 1.74. The summed E-state index contributed by atoms with van der Waals surface area (Å²) in [5.74, 6) is -1.29. The topological polar surface area (TPSA) is 77.9 Å². The Morgan fingerprint density at radius 1 is 1.44 bits per heavy atom. The molecule has 0 aliphatic carbocycles. The Labute approximate surface area is 108 Å². The Hall–Kier alpha value is -2.01. The summed E-state index contributed by atoms with van der Waals surface area (Å²) in [4.78, 5) is 22.6. The number of aromatic amines is 1. The van der Waals surface area contributed by atoms with Gasteiger partial charge >= 0.3 is 0 Å². The van der Waals surface area contributed by atoms with E-state index in [9.17, 15) is 14.7 Å². The van der Waals surface area contributed by atoms with E-state index in [4.69, 9.17) is 11.6 Å². The number of hydrogen-bond acceptors (Lipinski definition) is 3. The number of aryl methyl sites for hydroxylation is 1. The second-order valence-electron chi connectivity index (χ2n) is 3.86. The van der Waals surface area contributed by atoms with Crippen molar-refractivity contribution in [2.24, 2.45) is 0 Å². The number of hydrogen-bond donors (Lipinski definition) is 1. The van der Waals surface area contributed by atoms with Crippen LogP contribution in [0, 0.1) is 6.92 Å². The molecule has 1 aromatic heterocycles. The van der Waals surface area contributed by atoms with Crippen molar-refractivity contribution in [3.63, 3.8) is 0 Å². The molecule has 0 amide bonds. The predicted octanol–water partition coefficient (Wildman–Crippen LogP) is 0.420. The molecule has 1 heterocycles. The third-order valence-electron chi connectivity index (χ3n) is 2.61. The lowest BCUT2D eigenvalue weighted by atomic mass is 10.2. The third-order valence-corrected chi connectivity index (χ3v) is 2.93. The molecule has 1 aromatic carbocycles. The van der Waals surface area contributed by atoms with E-state index in [1.807, 2.05) is 0 Å². The van der Waals surface area contributed by atoms with E-state index in [1.54, 1.807) is 31.2 Å². The molecule has 0 aliphatic heterocycles. The molecular weight excluding hydrogens is 256 g/mol. The SMILES string of the molecule is Cc1[nH]n(-c2ccccc2Cl)c(=O)c1CC(=O)[O-]. The van der Waals surface area contributed by atoms with Gasteiger partial charge in [0.25, 0.3) is 5.56 Å². The molecule has 0 fully saturated rings. The van der Waals surface area contributed by atoms with Gasteiger partial charge in [-0.25, -0.2) is 4.68 Å². The number of aliphatic carboxylic acids is 1. The van der Waals surface area contributed by atoms with Gasteiger partial charge in [0.1, 0.15) is 0 Å². The number of carbonyl (C=O) groups excluding carboxylic acids is 1. The van der Waals surface area contributed by atoms with Crippen LogP contribution in [0.15, 0.2) is 29.1 Å². The Morgan fingerprint density at radius 2 is 2.11 bits per heavy atom. The van der Waals surface area contributed by atoms with Gasteiger partial charge in [-0.1, -0.05) is 23.7 Å². The fourth-order valence-corrected chi connectivity index (χ4v) is 1.96. The number of nitrogens with one attached hydrogen (secondary N) is 1. The number of halogens is 1. The number of carboxylic acids is 1. The van der Waals surface area contributed by atoms with Crippen molar-refractivity contribution in [2.75, 3.05) is 0 Å². The highest BCUT2D eigenvalue weighted by Gasteiger charge is 2.13. The zero-order valence-corrected chi connectivity index (χ0v) is 10.3. The fraction of sp³-hybridized carbons (Fsp3) is 0.167. The number of nitrogens with zero attached hydrogens (tertiary/aromatic N) is 1. The molecule has 94 valence electrons. The van der Waals surface area contributed by atoms with Gasteiger partial charge in [-0.15, -0.1) is 0 Å². The number of H-pyrrole nitrogens is 1. The van der Waals surface area contributed by atoms with Gasteiger partial charge in [-0.05, 0) is 19.1 Å². The number of aromatic nitrogens is 2. The normalized spacial score (nSPS) is 10.6. The van der Waals surface area contributed by atoms with E-state index in [2.05, 4.69) is 5.10 Å². The molecule has 2 rings (SSSR count). The molecule has 0 radical (unpaired) electrons. The monoisotopic (exact) mass is 265 g/mol. The largest absolute Gasteiger partial charge is 0.550 e. The van der Waals surface area contributed by atoms with Crippen LogP contribution in [-0.4, -0.2) is 15.7 Å². The van der Waals surface area contributed by atoms with Crippen molar-refractivity contribution >= 4 is 17.6 Å². The number of carboxylic acid groups (broad SMARTS) is 1. The molecule has 0 aliphatic rings. The average molecular weight is 266 g/mol. The molecule has 0 spiro atoms. The van der Waals surface area contributed by atoms with Crippen LogP contribution in [0.5, 0.6) is 0 Å². The number of rotatable bonds is 3. The predicted molar refractivity (Wildman–Crippen MR) is 64.8 cm³/mol. The molecule has 6 heteroatoms. The first-order valence-electron chi connectivity index (χ1n) is 5.26. The Morgan fingerprint density at radius 3 is 2.72 bits per heavy atom. The van der Waals surface area contributed by atoms with Crippen molar-refractivity contribution in [1.29, 1.82) is 0 Å². The lowest BCUT2D eigenvalue weighted by Gasteiger charge is -2.03. The minimum absolute atomic E-state index is 0.176. The van der Waals surface area contributed by atoms with E-state index >= 15 is 0 Å². The Kier molecular flexibility index (Phi) is 3.25. The van der Waals surface area contributed by atoms with Gasteiger partial charge in [0.2, 0.25) is 0 Å². The summed E-state index contributed by atoms with van der Waals surface area (Å²) in [5, 5.41) is 13.8. The van der Waals surface area contributed by atoms with E-state index in [1.165, 1.54) is 4.68 Å². The molecule has 0 saturated carbocycles. The average Bonchev–Trinajstić information content (AvgIpc) is 2.57. The highest BCUT2D eigenvalue weighted by atomic mass is 35.5. The van der Waals surface area contributed by atoms with Crippen LogP contribution in [0.2, 0.25) is 5.02 Å². The zero-order chi connectivity index (χ0) is 13.3. The van der Waals surface area contributed by atoms with Crippen molar-refractivity contribution < 1.29 is 9.90 Å². The summed E-state index contributed by atoms with van der Waals surface area (Å²) < 4.78 is 1.23. The molecular formula is C12H10ClN2O3-. The maximum Gasteiger partial charge on any atom is 0.275 e. The van der Waals surface area contributed by atoms with E-state index in [-0.39, 0.29) is 5.56 Å². The van der Waals surface area contributed by atoms with Gasteiger partial charge in [0.05, 0.1) is 10.7 Å². The molecule has 0 atom stereocenters. The van der Waals surface area contributed by atoms with E-state index < -0.39 is 17.9 Å². The molecule has 0 unspecified atom stereocenters. The van der Waals surface area contributed by atoms with Crippen LogP contribution >= 0.6 is 11.6 Å². The minimum Gasteiger partial charge on any atom is -0.550 e. The Bertz CT molecular complexity index is 658. The van der Waals surface area contributed by atoms with E-state index in [0.29, 0.717) is 16.4 Å². The summed E-state index contributed by atoms with van der Waals surface area (Å²) in [6.07, 6.45) is -0.418. The van der Waals surface area contributed by atoms with Crippen molar-refractivity contribution in [3.8, 4) is 5.69 Å². The summed E-state index contributed by atoms with van der Waals surface area (Å²) >= 11 is 5.99. The van der Waals surface area contributed by atoms with E-state index in [0.717, 1.165) is 0 Å². The van der Waals surface area contributed by atoms with Gasteiger partial charge < -0.3 is 9.90 Å². The quantitative estimate of drug-likeness (QED) is 0.874. The second kappa shape index (κ2) is 4.70. The summed E-state index contributed by atoms with van der Waals surface area (Å²) in [7, 11) is 0. The lowest BCUT2D eigenvalue weighted by molar-refractivity contribution is -0.304. The Balaban J connectivity index is 2.58. The van der Waals surface area contributed by atoms with Crippen LogP contribution in [0.4, 0.5) is 0 Å². The maximum atomic E-state index is 12.1. The smallest absolute Gasteiger partial charge is 0.275 e. The second-order valence-corrected chi connectivity index (χ2v) is 4.26. The van der Waals surface area contributed by atoms with Crippen LogP contribution in [0.25, 0.3) is 5.69 Å². The number of para-hydroxylation sites is 1. The highest BCUT2D eigenvalue weighted by molar-refractivity contribution is 6.32. The van der Waals surface area contributed by atoms with Gasteiger partial charge in [0, 0.05) is 23.6 Å². The highest BCUT2D eigenvalue weighted by Crippen LogP contribution is 2.18. The maximum absolute atomic E-state index is 12.1. The summed E-state index contributed by atoms with van der Waals surface area (Å²) in [6.45, 7) is 1.63. The van der Waals surface area contributed by atoms with Crippen molar-refractivity contribution in [2.45, 2.75) is 13.3 Å². The molecule has 0 saturated heterocycles. The molecule has 18 heavy (non-hydrogen) atoms. The molecule has 0 bridgehead atoms. The van der Waals surface area contributed by atoms with Gasteiger partial charge in [0.15, 0.2) is 0 Å². The van der Waals surface area contributed by atoms with Crippen LogP contribution in [0.1, 0.15) is 11.3 Å². The van der Waals surface area contributed by atoms with Crippen LogP contribution < -0.4 is 10.7 Å². The van der Waals surface area contributed by atoms with Crippen LogP contribution in [-0.2, 0) is 11.2 Å². The first-order chi connectivity index (χ1) is 8.50. The molecule has 5 nitrogen and oxygen atoms in total. The molecule has 1 N–H and O–H groups in total. The summed E-state index contributed by atoms with van der Waals surface area (Å²) in [5.41, 5.74) is 0.723. The van der Waals surface area contributed by atoms with Crippen LogP contribution in [0.3, 0.4) is 0 Å². The van der Waals surface area contributed by atoms with Gasteiger partial charge in [-0.2, -0.15) is 0 Å². The number of carbonyl (C=O) groups is 1. The standard InChI is InChI=1S/C12H11ClN2O3/c1-7-8(6-11(16)17)12(18)15(14-7)10-5-3-2-4-9(10)13/h2-5,14H,6H2,1H3,(H,16,17)/p-1. The zero-order valence-electron chi connectivity index (χ0n) is 9.57. The minimum atomic E-state index is -1.29. The number of benzene rings is 1. The first kappa shape index (κ1) is 12.4. The summed E-state index contributed by atoms with van der Waals surface area (Å²) in [6, 6.07) is 6.80. The lowest BCUT2D eigenvalue weighted by Crippen LogP contribution is -2.28. The van der Waals surface area contributed by atoms with Crippen molar-refractivity contribution in [1.82, 2.24) is 9.78 Å². The third kappa shape index (κ3) is 2.17.